The molecule has 2 aliphatic rings. The maximum Gasteiger partial charge on any atom is 0.296 e. The minimum Gasteiger partial charge on any atom is -0.493 e. The van der Waals surface area contributed by atoms with Crippen LogP contribution in [0.1, 0.15) is 54.4 Å². The van der Waals surface area contributed by atoms with Crippen LogP contribution in [0.4, 0.5) is 0 Å². The van der Waals surface area contributed by atoms with Gasteiger partial charge in [-0.1, -0.05) is 48.0 Å². The molecular formula is C31H31N3O4S. The van der Waals surface area contributed by atoms with Gasteiger partial charge >= 0.3 is 0 Å². The van der Waals surface area contributed by atoms with Crippen molar-refractivity contribution in [3.8, 4) is 17.0 Å². The van der Waals surface area contributed by atoms with E-state index in [1.807, 2.05) is 44.2 Å². The van der Waals surface area contributed by atoms with E-state index in [1.165, 1.54) is 12.1 Å². The molecule has 7 nitrogen and oxygen atoms in total. The molecule has 2 heterocycles. The Bertz CT molecular complexity index is 1720. The van der Waals surface area contributed by atoms with Gasteiger partial charge < -0.3 is 5.11 Å². The van der Waals surface area contributed by atoms with Gasteiger partial charge in [0.25, 0.3) is 5.56 Å². The summed E-state index contributed by atoms with van der Waals surface area (Å²) in [6.45, 7) is 3.90. The van der Waals surface area contributed by atoms with Gasteiger partial charge in [0.05, 0.1) is 10.9 Å². The SMILES string of the molecule is Cc1cccc([C@H](C2CC2)n2c(CC3CC3)nc(=O)c(S(=O)(=O)c3ccc(-c4cccnc4C)cc3)c2O)c1. The van der Waals surface area contributed by atoms with Gasteiger partial charge in [0, 0.05) is 23.9 Å². The summed E-state index contributed by atoms with van der Waals surface area (Å²) in [6.07, 6.45) is 6.25. The first kappa shape index (κ1) is 25.5. The predicted octanol–water partition coefficient (Wildman–Crippen LogP) is 5.41. The van der Waals surface area contributed by atoms with Crippen LogP contribution >= 0.6 is 0 Å². The number of benzene rings is 2. The zero-order valence-corrected chi connectivity index (χ0v) is 22.9. The topological polar surface area (TPSA) is 102 Å². The van der Waals surface area contributed by atoms with E-state index in [0.717, 1.165) is 53.6 Å². The van der Waals surface area contributed by atoms with Gasteiger partial charge in [-0.15, -0.1) is 0 Å². The van der Waals surface area contributed by atoms with Gasteiger partial charge in [-0.25, -0.2) is 8.42 Å². The Morgan fingerprint density at radius 3 is 2.38 bits per heavy atom. The maximum atomic E-state index is 13.9. The molecule has 0 spiro atoms. The lowest BCUT2D eigenvalue weighted by Crippen LogP contribution is -2.28. The molecular weight excluding hydrogens is 510 g/mol. The number of aromatic hydroxyl groups is 1. The number of aryl methyl sites for hydroxylation is 2. The third kappa shape index (κ3) is 4.89. The second-order valence-electron chi connectivity index (χ2n) is 10.9. The van der Waals surface area contributed by atoms with Crippen molar-refractivity contribution < 1.29 is 13.5 Å². The fraction of sp³-hybridized carbons (Fsp3) is 0.323. The number of rotatable bonds is 8. The van der Waals surface area contributed by atoms with Crippen molar-refractivity contribution in [2.24, 2.45) is 11.8 Å². The molecule has 39 heavy (non-hydrogen) atoms. The predicted molar refractivity (Wildman–Crippen MR) is 148 cm³/mol. The first-order chi connectivity index (χ1) is 18.7. The Kier molecular flexibility index (Phi) is 6.38. The minimum absolute atomic E-state index is 0.0676. The Morgan fingerprint density at radius 2 is 1.74 bits per heavy atom. The highest BCUT2D eigenvalue weighted by atomic mass is 32.2. The monoisotopic (exact) mass is 541 g/mol. The van der Waals surface area contributed by atoms with Crippen molar-refractivity contribution in [1.82, 2.24) is 14.5 Å². The molecule has 0 radical (unpaired) electrons. The van der Waals surface area contributed by atoms with E-state index in [0.29, 0.717) is 18.2 Å². The number of sulfone groups is 1. The molecule has 2 aliphatic carbocycles. The van der Waals surface area contributed by atoms with Crippen molar-refractivity contribution in [1.29, 1.82) is 0 Å². The summed E-state index contributed by atoms with van der Waals surface area (Å²) < 4.78 is 29.4. The fourth-order valence-electron chi connectivity index (χ4n) is 5.42. The van der Waals surface area contributed by atoms with Crippen molar-refractivity contribution in [3.63, 3.8) is 0 Å². The Balaban J connectivity index is 1.49. The third-order valence-corrected chi connectivity index (χ3v) is 9.57. The van der Waals surface area contributed by atoms with Crippen LogP contribution in [0.15, 0.2) is 81.4 Å². The summed E-state index contributed by atoms with van der Waals surface area (Å²) in [5.74, 6) is 0.569. The van der Waals surface area contributed by atoms with Crippen molar-refractivity contribution >= 4 is 9.84 Å². The quantitative estimate of drug-likeness (QED) is 0.320. The van der Waals surface area contributed by atoms with E-state index in [-0.39, 0.29) is 16.9 Å². The van der Waals surface area contributed by atoms with Gasteiger partial charge in [0.1, 0.15) is 5.82 Å². The average molecular weight is 542 g/mol. The third-order valence-electron chi connectivity index (χ3n) is 7.78. The van der Waals surface area contributed by atoms with Gasteiger partial charge in [0.15, 0.2) is 4.90 Å². The molecule has 8 heteroatoms. The highest BCUT2D eigenvalue weighted by molar-refractivity contribution is 7.91. The molecule has 2 aromatic carbocycles. The molecule has 4 aromatic rings. The molecule has 0 bridgehead atoms. The summed E-state index contributed by atoms with van der Waals surface area (Å²) in [4.78, 5) is 21.2. The molecule has 2 saturated carbocycles. The van der Waals surface area contributed by atoms with Crippen LogP contribution in [-0.2, 0) is 16.3 Å². The van der Waals surface area contributed by atoms with Crippen LogP contribution in [0, 0.1) is 25.7 Å². The van der Waals surface area contributed by atoms with Crippen LogP contribution in [0.3, 0.4) is 0 Å². The molecule has 2 fully saturated rings. The minimum atomic E-state index is -4.35. The van der Waals surface area contributed by atoms with E-state index < -0.39 is 26.2 Å². The average Bonchev–Trinajstić information content (AvgIpc) is 3.83. The lowest BCUT2D eigenvalue weighted by atomic mass is 9.99. The van der Waals surface area contributed by atoms with Crippen LogP contribution < -0.4 is 5.56 Å². The lowest BCUT2D eigenvalue weighted by molar-refractivity contribution is 0.347. The van der Waals surface area contributed by atoms with E-state index in [1.54, 1.807) is 22.9 Å². The highest BCUT2D eigenvalue weighted by Crippen LogP contribution is 2.47. The summed E-state index contributed by atoms with van der Waals surface area (Å²) in [5, 5.41) is 11.7. The number of hydrogen-bond acceptors (Lipinski definition) is 6. The number of hydrogen-bond donors (Lipinski definition) is 1. The zero-order chi connectivity index (χ0) is 27.3. The normalized spacial score (nSPS) is 16.3. The van der Waals surface area contributed by atoms with E-state index in [2.05, 4.69) is 16.0 Å². The smallest absolute Gasteiger partial charge is 0.296 e. The summed E-state index contributed by atoms with van der Waals surface area (Å²) in [7, 11) is -4.35. The van der Waals surface area contributed by atoms with Crippen LogP contribution in [0.2, 0.25) is 0 Å². The molecule has 1 atom stereocenters. The second-order valence-corrected chi connectivity index (χ2v) is 12.8. The van der Waals surface area contributed by atoms with E-state index in [9.17, 15) is 18.3 Å². The Hall–Kier alpha value is -3.78. The number of aromatic nitrogens is 3. The van der Waals surface area contributed by atoms with Crippen molar-refractivity contribution in [2.45, 2.75) is 61.8 Å². The molecule has 0 amide bonds. The van der Waals surface area contributed by atoms with Gasteiger partial charge in [-0.05, 0) is 80.7 Å². The standard InChI is InChI=1S/C31H31N3O4S/c1-19-5-3-6-24(17-19)28(23-10-11-23)34-27(18-21-8-9-21)33-30(35)29(31(34)36)39(37,38)25-14-12-22(13-15-25)26-7-4-16-32-20(26)2/h3-7,12-17,21,23,28,36H,8-11,18H2,1-2H3/t28-/m0/s1. The molecule has 0 unspecified atom stereocenters. The summed E-state index contributed by atoms with van der Waals surface area (Å²) >= 11 is 0. The lowest BCUT2D eigenvalue weighted by Gasteiger charge is -2.26. The Morgan fingerprint density at radius 1 is 1.00 bits per heavy atom. The molecule has 0 saturated heterocycles. The zero-order valence-electron chi connectivity index (χ0n) is 22.0. The summed E-state index contributed by atoms with van der Waals surface area (Å²) in [5.41, 5.74) is 3.68. The molecule has 2 aromatic heterocycles. The van der Waals surface area contributed by atoms with Crippen LogP contribution in [0.5, 0.6) is 5.88 Å². The van der Waals surface area contributed by atoms with Gasteiger partial charge in [-0.3, -0.25) is 14.3 Å². The van der Waals surface area contributed by atoms with Gasteiger partial charge in [-0.2, -0.15) is 4.98 Å². The molecule has 1 N–H and O–H groups in total. The Labute approximate surface area is 228 Å². The molecule has 6 rings (SSSR count). The highest BCUT2D eigenvalue weighted by Gasteiger charge is 2.39. The first-order valence-corrected chi connectivity index (χ1v) is 14.9. The first-order valence-electron chi connectivity index (χ1n) is 13.4. The number of nitrogens with zero attached hydrogens (tertiary/aromatic N) is 3. The maximum absolute atomic E-state index is 13.9. The van der Waals surface area contributed by atoms with Gasteiger partial charge in [0.2, 0.25) is 15.7 Å². The molecule has 200 valence electrons. The van der Waals surface area contributed by atoms with Crippen LogP contribution in [-0.4, -0.2) is 28.1 Å². The fourth-order valence-corrected chi connectivity index (χ4v) is 6.76. The number of pyridine rings is 1. The van der Waals surface area contributed by atoms with E-state index >= 15 is 0 Å². The van der Waals surface area contributed by atoms with Crippen molar-refractivity contribution in [2.75, 3.05) is 0 Å². The molecule has 0 aliphatic heterocycles. The second kappa shape index (κ2) is 9.75. The van der Waals surface area contributed by atoms with E-state index in [4.69, 9.17) is 0 Å². The van der Waals surface area contributed by atoms with Crippen LogP contribution in [0.25, 0.3) is 11.1 Å². The van der Waals surface area contributed by atoms with Crippen molar-refractivity contribution in [3.05, 3.63) is 99.9 Å². The largest absolute Gasteiger partial charge is 0.493 e. The summed E-state index contributed by atoms with van der Waals surface area (Å²) in [6, 6.07) is 17.8.